The van der Waals surface area contributed by atoms with Gasteiger partial charge in [-0.1, -0.05) is 13.8 Å². The number of likely N-dealkylation sites (N-methyl/N-ethyl adjacent to an activating group) is 1. The number of nitrogens with one attached hydrogen (secondary N) is 1. The van der Waals surface area contributed by atoms with Crippen LogP contribution in [0.1, 0.15) is 48.3 Å². The van der Waals surface area contributed by atoms with Crippen molar-refractivity contribution >= 4 is 5.97 Å². The molecule has 0 aliphatic rings. The lowest BCUT2D eigenvalue weighted by atomic mass is 10.1. The number of aromatic nitrogens is 1. The number of hydrogen-bond donors (Lipinski definition) is 2. The van der Waals surface area contributed by atoms with Crippen LogP contribution >= 0.6 is 0 Å². The average molecular weight is 226 g/mol. The van der Waals surface area contributed by atoms with Crippen molar-refractivity contribution in [3.8, 4) is 0 Å². The molecule has 0 amide bonds. The van der Waals surface area contributed by atoms with E-state index < -0.39 is 5.97 Å². The van der Waals surface area contributed by atoms with Gasteiger partial charge in [-0.15, -0.1) is 0 Å². The normalized spacial score (nSPS) is 12.7. The third-order valence-corrected chi connectivity index (χ3v) is 2.49. The van der Waals surface area contributed by atoms with Crippen LogP contribution in [0.5, 0.6) is 0 Å². The molecule has 1 heterocycles. The van der Waals surface area contributed by atoms with Gasteiger partial charge in [-0.05, 0) is 19.9 Å². The summed E-state index contributed by atoms with van der Waals surface area (Å²) in [7, 11) is 0. The van der Waals surface area contributed by atoms with E-state index in [0.717, 1.165) is 19.5 Å². The van der Waals surface area contributed by atoms with Gasteiger partial charge in [0.15, 0.2) is 5.89 Å². The van der Waals surface area contributed by atoms with E-state index in [9.17, 15) is 4.79 Å². The highest BCUT2D eigenvalue weighted by molar-refractivity contribution is 5.85. The van der Waals surface area contributed by atoms with Gasteiger partial charge >= 0.3 is 5.97 Å². The molecule has 0 aliphatic heterocycles. The number of aromatic carboxylic acids is 1. The van der Waals surface area contributed by atoms with Gasteiger partial charge in [0.25, 0.3) is 0 Å². The molecule has 0 aliphatic carbocycles. The first kappa shape index (κ1) is 12.7. The molecule has 1 rings (SSSR count). The number of carbonyl (C=O) groups is 1. The Kier molecular flexibility index (Phi) is 4.49. The van der Waals surface area contributed by atoms with E-state index in [1.807, 2.05) is 13.8 Å². The average Bonchev–Trinajstić information content (AvgIpc) is 2.62. The van der Waals surface area contributed by atoms with Crippen molar-refractivity contribution < 1.29 is 14.3 Å². The van der Waals surface area contributed by atoms with Gasteiger partial charge in [-0.2, -0.15) is 0 Å². The topological polar surface area (TPSA) is 75.4 Å². The number of carboxylic acid groups (broad SMARTS) is 1. The monoisotopic (exact) mass is 226 g/mol. The summed E-state index contributed by atoms with van der Waals surface area (Å²) in [5.74, 6) is -0.468. The summed E-state index contributed by atoms with van der Waals surface area (Å²) in [5, 5.41) is 12.1. The summed E-state index contributed by atoms with van der Waals surface area (Å²) in [5.41, 5.74) is 0.442. The third kappa shape index (κ3) is 2.82. The highest BCUT2D eigenvalue weighted by atomic mass is 16.4. The lowest BCUT2D eigenvalue weighted by molar-refractivity contribution is 0.0658. The van der Waals surface area contributed by atoms with Crippen molar-refractivity contribution in [2.24, 2.45) is 0 Å². The van der Waals surface area contributed by atoms with Gasteiger partial charge in [0, 0.05) is 12.5 Å². The van der Waals surface area contributed by atoms with Crippen molar-refractivity contribution in [2.45, 2.75) is 33.1 Å². The molecule has 0 saturated heterocycles. The number of carboxylic acids is 1. The standard InChI is InChI=1S/C11H18N2O3/c1-4-8(6-12-5-2)10-13-7(3)9(16-10)11(14)15/h8,12H,4-6H2,1-3H3,(H,14,15). The maximum Gasteiger partial charge on any atom is 0.373 e. The van der Waals surface area contributed by atoms with Crippen molar-refractivity contribution in [3.05, 3.63) is 17.3 Å². The summed E-state index contributed by atoms with van der Waals surface area (Å²) in [6.07, 6.45) is 0.867. The summed E-state index contributed by atoms with van der Waals surface area (Å²) < 4.78 is 5.28. The smallest absolute Gasteiger partial charge is 0.373 e. The number of hydrogen-bond acceptors (Lipinski definition) is 4. The fraction of sp³-hybridized carbons (Fsp3) is 0.636. The fourth-order valence-corrected chi connectivity index (χ4v) is 1.52. The van der Waals surface area contributed by atoms with Gasteiger partial charge < -0.3 is 14.8 Å². The Balaban J connectivity index is 2.85. The van der Waals surface area contributed by atoms with E-state index in [4.69, 9.17) is 9.52 Å². The van der Waals surface area contributed by atoms with Crippen molar-refractivity contribution in [1.29, 1.82) is 0 Å². The van der Waals surface area contributed by atoms with E-state index in [-0.39, 0.29) is 11.7 Å². The third-order valence-electron chi connectivity index (χ3n) is 2.49. The molecule has 1 aromatic rings. The molecular formula is C11H18N2O3. The quantitative estimate of drug-likeness (QED) is 0.773. The van der Waals surface area contributed by atoms with Gasteiger partial charge in [-0.25, -0.2) is 9.78 Å². The van der Waals surface area contributed by atoms with Crippen LogP contribution in [0.4, 0.5) is 0 Å². The Morgan fingerprint density at radius 1 is 1.56 bits per heavy atom. The van der Waals surface area contributed by atoms with Gasteiger partial charge in [-0.3, -0.25) is 0 Å². The first-order chi connectivity index (χ1) is 7.60. The second-order valence-corrected chi connectivity index (χ2v) is 3.68. The molecule has 0 bridgehead atoms. The molecule has 1 aromatic heterocycles. The minimum absolute atomic E-state index is 0.0510. The molecule has 1 atom stereocenters. The maximum absolute atomic E-state index is 10.8. The number of rotatable bonds is 6. The van der Waals surface area contributed by atoms with Crippen molar-refractivity contribution in [2.75, 3.05) is 13.1 Å². The van der Waals surface area contributed by atoms with E-state index in [1.165, 1.54) is 0 Å². The zero-order valence-corrected chi connectivity index (χ0v) is 9.91. The molecule has 5 heteroatoms. The molecule has 0 fully saturated rings. The maximum atomic E-state index is 10.8. The van der Waals surface area contributed by atoms with Crippen LogP contribution in [-0.4, -0.2) is 29.1 Å². The van der Waals surface area contributed by atoms with Crippen LogP contribution in [-0.2, 0) is 0 Å². The highest BCUT2D eigenvalue weighted by Crippen LogP contribution is 2.21. The Morgan fingerprint density at radius 3 is 2.69 bits per heavy atom. The Hall–Kier alpha value is -1.36. The van der Waals surface area contributed by atoms with Gasteiger partial charge in [0.1, 0.15) is 0 Å². The molecule has 0 aromatic carbocycles. The van der Waals surface area contributed by atoms with Crippen LogP contribution in [0.15, 0.2) is 4.42 Å². The molecule has 16 heavy (non-hydrogen) atoms. The zero-order chi connectivity index (χ0) is 12.1. The lowest BCUT2D eigenvalue weighted by Gasteiger charge is -2.10. The number of aryl methyl sites for hydroxylation is 1. The lowest BCUT2D eigenvalue weighted by Crippen LogP contribution is -2.21. The fourth-order valence-electron chi connectivity index (χ4n) is 1.52. The number of oxazole rings is 1. The largest absolute Gasteiger partial charge is 0.475 e. The molecule has 0 radical (unpaired) electrons. The Labute approximate surface area is 94.9 Å². The second kappa shape index (κ2) is 5.65. The first-order valence-corrected chi connectivity index (χ1v) is 5.51. The molecule has 0 spiro atoms. The molecular weight excluding hydrogens is 208 g/mol. The van der Waals surface area contributed by atoms with Crippen LogP contribution in [0.3, 0.4) is 0 Å². The highest BCUT2D eigenvalue weighted by Gasteiger charge is 2.21. The zero-order valence-electron chi connectivity index (χ0n) is 9.91. The van der Waals surface area contributed by atoms with Crippen LogP contribution in [0.2, 0.25) is 0 Å². The second-order valence-electron chi connectivity index (χ2n) is 3.68. The summed E-state index contributed by atoms with van der Waals surface area (Å²) >= 11 is 0. The van der Waals surface area contributed by atoms with E-state index in [0.29, 0.717) is 11.6 Å². The molecule has 1 unspecified atom stereocenters. The Bertz CT molecular complexity index is 360. The van der Waals surface area contributed by atoms with E-state index in [2.05, 4.69) is 10.3 Å². The predicted octanol–water partition coefficient (Wildman–Crippen LogP) is 1.78. The minimum Gasteiger partial charge on any atom is -0.475 e. The Morgan fingerprint density at radius 2 is 2.25 bits per heavy atom. The van der Waals surface area contributed by atoms with E-state index in [1.54, 1.807) is 6.92 Å². The van der Waals surface area contributed by atoms with E-state index >= 15 is 0 Å². The molecule has 5 nitrogen and oxygen atoms in total. The number of nitrogens with zero attached hydrogens (tertiary/aromatic N) is 1. The molecule has 2 N–H and O–H groups in total. The summed E-state index contributed by atoms with van der Waals surface area (Å²) in [6.45, 7) is 7.34. The van der Waals surface area contributed by atoms with Crippen molar-refractivity contribution in [1.82, 2.24) is 10.3 Å². The summed E-state index contributed by atoms with van der Waals surface area (Å²) in [6, 6.07) is 0. The molecule has 0 saturated carbocycles. The SMILES string of the molecule is CCNCC(CC)c1nc(C)c(C(=O)O)o1. The van der Waals surface area contributed by atoms with Crippen LogP contribution < -0.4 is 5.32 Å². The van der Waals surface area contributed by atoms with Gasteiger partial charge in [0.2, 0.25) is 5.76 Å². The first-order valence-electron chi connectivity index (χ1n) is 5.51. The van der Waals surface area contributed by atoms with Crippen molar-refractivity contribution in [3.63, 3.8) is 0 Å². The van der Waals surface area contributed by atoms with Crippen LogP contribution in [0, 0.1) is 6.92 Å². The molecule has 90 valence electrons. The predicted molar refractivity (Wildman–Crippen MR) is 59.8 cm³/mol. The van der Waals surface area contributed by atoms with Gasteiger partial charge in [0.05, 0.1) is 5.69 Å². The summed E-state index contributed by atoms with van der Waals surface area (Å²) in [4.78, 5) is 15.0. The minimum atomic E-state index is -1.06. The van der Waals surface area contributed by atoms with Crippen LogP contribution in [0.25, 0.3) is 0 Å².